The van der Waals surface area contributed by atoms with Gasteiger partial charge in [0.2, 0.25) is 5.91 Å². The molecule has 0 aliphatic rings. The van der Waals surface area contributed by atoms with E-state index in [4.69, 9.17) is 11.6 Å². The molecule has 0 saturated carbocycles. The first-order valence-electron chi connectivity index (χ1n) is 7.14. The van der Waals surface area contributed by atoms with Crippen molar-refractivity contribution in [2.24, 2.45) is 0 Å². The first-order chi connectivity index (χ1) is 10.9. The van der Waals surface area contributed by atoms with Crippen molar-refractivity contribution in [3.05, 3.63) is 64.7 Å². The molecular weight excluding hydrogens is 322 g/mol. The second-order valence-corrected chi connectivity index (χ2v) is 5.71. The number of carbonyl (C=O) groups is 1. The van der Waals surface area contributed by atoms with Gasteiger partial charge in [-0.05, 0) is 44.2 Å². The maximum absolute atomic E-state index is 13.7. The van der Waals surface area contributed by atoms with Crippen molar-refractivity contribution in [1.82, 2.24) is 5.32 Å². The molecule has 3 nitrogen and oxygen atoms in total. The van der Waals surface area contributed by atoms with E-state index in [9.17, 15) is 13.6 Å². The van der Waals surface area contributed by atoms with E-state index in [2.05, 4.69) is 10.6 Å². The maximum Gasteiger partial charge on any atom is 0.241 e. The number of hydrogen-bond donors (Lipinski definition) is 2. The predicted octanol–water partition coefficient (Wildman–Crippen LogP) is 4.30. The number of hydrogen-bond acceptors (Lipinski definition) is 2. The molecule has 0 radical (unpaired) electrons. The Labute approximate surface area is 138 Å². The van der Waals surface area contributed by atoms with Crippen LogP contribution in [-0.4, -0.2) is 11.9 Å². The first-order valence-corrected chi connectivity index (χ1v) is 7.52. The summed E-state index contributed by atoms with van der Waals surface area (Å²) in [4.78, 5) is 12.1. The molecule has 122 valence electrons. The normalized spacial score (nSPS) is 13.4. The van der Waals surface area contributed by atoms with Gasteiger partial charge in [-0.1, -0.05) is 17.7 Å². The van der Waals surface area contributed by atoms with Crippen molar-refractivity contribution in [2.45, 2.75) is 25.9 Å². The van der Waals surface area contributed by atoms with Gasteiger partial charge in [-0.15, -0.1) is 0 Å². The Morgan fingerprint density at radius 2 is 1.74 bits per heavy atom. The van der Waals surface area contributed by atoms with E-state index < -0.39 is 23.7 Å². The van der Waals surface area contributed by atoms with Crippen molar-refractivity contribution in [2.75, 3.05) is 5.32 Å². The van der Waals surface area contributed by atoms with Gasteiger partial charge in [0.1, 0.15) is 11.6 Å². The zero-order chi connectivity index (χ0) is 17.0. The molecule has 0 saturated heterocycles. The Morgan fingerprint density at radius 1 is 1.09 bits per heavy atom. The quantitative estimate of drug-likeness (QED) is 0.853. The molecule has 0 bridgehead atoms. The van der Waals surface area contributed by atoms with Crippen molar-refractivity contribution in [3.63, 3.8) is 0 Å². The molecule has 0 aromatic heterocycles. The number of halogens is 3. The number of rotatable bonds is 5. The third-order valence-corrected chi connectivity index (χ3v) is 3.69. The summed E-state index contributed by atoms with van der Waals surface area (Å²) in [7, 11) is 0. The lowest BCUT2D eigenvalue weighted by Crippen LogP contribution is -2.39. The van der Waals surface area contributed by atoms with Crippen LogP contribution in [0.15, 0.2) is 42.5 Å². The monoisotopic (exact) mass is 338 g/mol. The van der Waals surface area contributed by atoms with Gasteiger partial charge >= 0.3 is 0 Å². The van der Waals surface area contributed by atoms with Crippen LogP contribution in [0.5, 0.6) is 0 Å². The summed E-state index contributed by atoms with van der Waals surface area (Å²) in [6.45, 7) is 3.38. The van der Waals surface area contributed by atoms with Gasteiger partial charge in [-0.2, -0.15) is 0 Å². The molecule has 2 aromatic carbocycles. The summed E-state index contributed by atoms with van der Waals surface area (Å²) >= 11 is 5.79. The lowest BCUT2D eigenvalue weighted by molar-refractivity contribution is -0.117. The summed E-state index contributed by atoms with van der Waals surface area (Å²) < 4.78 is 26.7. The van der Waals surface area contributed by atoms with Crippen molar-refractivity contribution in [1.29, 1.82) is 0 Å². The molecule has 0 aliphatic heterocycles. The molecule has 2 atom stereocenters. The van der Waals surface area contributed by atoms with Crippen LogP contribution in [0.3, 0.4) is 0 Å². The fourth-order valence-electron chi connectivity index (χ4n) is 2.18. The standard InChI is InChI=1S/C17H17ClF2N2O/c1-10(15-8-5-13(19)9-16(15)20)21-11(2)17(23)22-14-6-3-12(18)4-7-14/h3-11,21H,1-2H3,(H,22,23)/t10-,11+/m1/s1. The van der Waals surface area contributed by atoms with E-state index >= 15 is 0 Å². The Bertz CT molecular complexity index is 691. The second-order valence-electron chi connectivity index (χ2n) is 5.27. The van der Waals surface area contributed by atoms with E-state index in [0.29, 0.717) is 16.3 Å². The summed E-state index contributed by atoms with van der Waals surface area (Å²) in [6, 6.07) is 9.10. The lowest BCUT2D eigenvalue weighted by atomic mass is 10.1. The van der Waals surface area contributed by atoms with Crippen LogP contribution in [0.2, 0.25) is 5.02 Å². The fourth-order valence-corrected chi connectivity index (χ4v) is 2.30. The van der Waals surface area contributed by atoms with E-state index in [-0.39, 0.29) is 5.91 Å². The van der Waals surface area contributed by atoms with E-state index in [1.807, 2.05) is 0 Å². The summed E-state index contributed by atoms with van der Waals surface area (Å²) in [5.74, 6) is -1.54. The minimum Gasteiger partial charge on any atom is -0.325 e. The van der Waals surface area contributed by atoms with Gasteiger partial charge < -0.3 is 5.32 Å². The first kappa shape index (κ1) is 17.4. The van der Waals surface area contributed by atoms with Crippen LogP contribution >= 0.6 is 11.6 Å². The lowest BCUT2D eigenvalue weighted by Gasteiger charge is -2.20. The molecular formula is C17H17ClF2N2O. The fraction of sp³-hybridized carbons (Fsp3) is 0.235. The van der Waals surface area contributed by atoms with Gasteiger partial charge in [-0.25, -0.2) is 8.78 Å². The van der Waals surface area contributed by atoms with Crippen molar-refractivity contribution >= 4 is 23.2 Å². The van der Waals surface area contributed by atoms with E-state index in [0.717, 1.165) is 6.07 Å². The molecule has 2 rings (SSSR count). The summed E-state index contributed by atoms with van der Waals surface area (Å²) in [5.41, 5.74) is 0.922. The zero-order valence-corrected chi connectivity index (χ0v) is 13.5. The Hall–Kier alpha value is -1.98. The minimum atomic E-state index is -0.643. The summed E-state index contributed by atoms with van der Waals surface area (Å²) in [5, 5.41) is 6.30. The maximum atomic E-state index is 13.7. The highest BCUT2D eigenvalue weighted by Crippen LogP contribution is 2.19. The van der Waals surface area contributed by atoms with Crippen LogP contribution in [0.1, 0.15) is 25.5 Å². The average Bonchev–Trinajstić information content (AvgIpc) is 2.49. The molecule has 23 heavy (non-hydrogen) atoms. The van der Waals surface area contributed by atoms with Crippen LogP contribution in [0, 0.1) is 11.6 Å². The molecule has 0 unspecified atom stereocenters. The van der Waals surface area contributed by atoms with Gasteiger partial charge in [0.05, 0.1) is 6.04 Å². The highest BCUT2D eigenvalue weighted by atomic mass is 35.5. The molecule has 0 fully saturated rings. The number of benzene rings is 2. The van der Waals surface area contributed by atoms with Crippen LogP contribution in [-0.2, 0) is 4.79 Å². The van der Waals surface area contributed by atoms with Gasteiger partial charge in [-0.3, -0.25) is 10.1 Å². The smallest absolute Gasteiger partial charge is 0.241 e. The predicted molar refractivity (Wildman–Crippen MR) is 87.5 cm³/mol. The van der Waals surface area contributed by atoms with Gasteiger partial charge in [0.15, 0.2) is 0 Å². The van der Waals surface area contributed by atoms with E-state index in [1.54, 1.807) is 38.1 Å². The largest absolute Gasteiger partial charge is 0.325 e. The SMILES string of the molecule is C[C@H](N[C@H](C)c1ccc(F)cc1F)C(=O)Nc1ccc(Cl)cc1. The molecule has 2 N–H and O–H groups in total. The van der Waals surface area contributed by atoms with E-state index in [1.165, 1.54) is 12.1 Å². The number of carbonyl (C=O) groups excluding carboxylic acids is 1. The van der Waals surface area contributed by atoms with Crippen LogP contribution < -0.4 is 10.6 Å². The second kappa shape index (κ2) is 7.53. The molecule has 0 spiro atoms. The average molecular weight is 339 g/mol. The van der Waals surface area contributed by atoms with Crippen LogP contribution in [0.4, 0.5) is 14.5 Å². The number of anilines is 1. The molecule has 2 aromatic rings. The Morgan fingerprint density at radius 3 is 2.35 bits per heavy atom. The highest BCUT2D eigenvalue weighted by molar-refractivity contribution is 6.30. The van der Waals surface area contributed by atoms with Crippen molar-refractivity contribution in [3.8, 4) is 0 Å². The minimum absolute atomic E-state index is 0.262. The number of amides is 1. The molecule has 0 heterocycles. The van der Waals surface area contributed by atoms with Crippen molar-refractivity contribution < 1.29 is 13.6 Å². The topological polar surface area (TPSA) is 41.1 Å². The van der Waals surface area contributed by atoms with Gasteiger partial charge in [0.25, 0.3) is 0 Å². The highest BCUT2D eigenvalue weighted by Gasteiger charge is 2.18. The third-order valence-electron chi connectivity index (χ3n) is 3.43. The van der Waals surface area contributed by atoms with Crippen LogP contribution in [0.25, 0.3) is 0 Å². The zero-order valence-electron chi connectivity index (χ0n) is 12.7. The summed E-state index contributed by atoms with van der Waals surface area (Å²) in [6.07, 6.45) is 0. The Balaban J connectivity index is 1.98. The third kappa shape index (κ3) is 4.74. The number of nitrogens with one attached hydrogen (secondary N) is 2. The molecule has 6 heteroatoms. The molecule has 0 aliphatic carbocycles. The Kier molecular flexibility index (Phi) is 5.69. The molecule has 1 amide bonds. The van der Waals surface area contributed by atoms with Gasteiger partial charge in [0, 0.05) is 28.4 Å².